The average molecular weight is 623 g/mol. The largest absolute Gasteiger partial charge is 0.461 e. The van der Waals surface area contributed by atoms with E-state index in [-0.39, 0.29) is 41.5 Å². The summed E-state index contributed by atoms with van der Waals surface area (Å²) in [4.78, 5) is 18.8. The van der Waals surface area contributed by atoms with Crippen molar-refractivity contribution in [2.45, 2.75) is 62.8 Å². The molecule has 8 rings (SSSR count). The fourth-order valence-corrected chi connectivity index (χ4v) is 8.24. The third-order valence-corrected chi connectivity index (χ3v) is 10.2. The van der Waals surface area contributed by atoms with Crippen molar-refractivity contribution in [1.82, 2.24) is 25.2 Å². The highest BCUT2D eigenvalue weighted by atomic mass is 19.1. The molecule has 4 saturated heterocycles. The van der Waals surface area contributed by atoms with E-state index in [0.29, 0.717) is 46.2 Å². The minimum absolute atomic E-state index is 0.0203. The van der Waals surface area contributed by atoms with Crippen LogP contribution in [0.4, 0.5) is 19.0 Å². The smallest absolute Gasteiger partial charge is 0.319 e. The number of halogens is 3. The van der Waals surface area contributed by atoms with Crippen molar-refractivity contribution in [1.29, 1.82) is 0 Å². The second-order valence-electron chi connectivity index (χ2n) is 12.8. The molecule has 4 atom stereocenters. The molecule has 4 aliphatic rings. The molecule has 2 aromatic heterocycles. The second-order valence-corrected chi connectivity index (χ2v) is 12.8. The molecule has 10 heteroatoms. The van der Waals surface area contributed by atoms with Crippen LogP contribution < -0.4 is 15.0 Å². The lowest BCUT2D eigenvalue weighted by molar-refractivity contribution is 0.107. The van der Waals surface area contributed by atoms with Gasteiger partial charge in [-0.05, 0) is 56.5 Å². The van der Waals surface area contributed by atoms with Crippen molar-refractivity contribution in [2.24, 2.45) is 0 Å². The van der Waals surface area contributed by atoms with E-state index in [9.17, 15) is 8.78 Å². The molecule has 0 unspecified atom stereocenters. The number of nitrogens with zero attached hydrogens (tertiary/aromatic N) is 5. The highest BCUT2D eigenvalue weighted by Gasteiger charge is 2.49. The van der Waals surface area contributed by atoms with Crippen LogP contribution in [0.15, 0.2) is 30.3 Å². The van der Waals surface area contributed by atoms with Crippen molar-refractivity contribution in [2.75, 3.05) is 37.7 Å². The lowest BCUT2D eigenvalue weighted by atomic mass is 9.95. The SMILES string of the molecule is C#Cc1c(F)ccc2cccc(-c3nc(C#CC)c4c(N5[C@@H]6CC[C@H]5CNC6)nc(OC[C@@]56CCCN5C[C@H](F)C6)nc4c3F)c12. The predicted molar refractivity (Wildman–Crippen MR) is 171 cm³/mol. The zero-order chi connectivity index (χ0) is 31.6. The van der Waals surface area contributed by atoms with Gasteiger partial charge in [-0.3, -0.25) is 4.90 Å². The van der Waals surface area contributed by atoms with Gasteiger partial charge in [0, 0.05) is 49.1 Å². The number of alkyl halides is 1. The minimum atomic E-state index is -0.909. The fourth-order valence-electron chi connectivity index (χ4n) is 8.24. The molecular formula is C36H33F3N6O. The molecule has 2 aromatic carbocycles. The summed E-state index contributed by atoms with van der Waals surface area (Å²) in [6, 6.07) is 8.50. The number of piperazine rings is 1. The Labute approximate surface area is 265 Å². The molecule has 7 nitrogen and oxygen atoms in total. The maximum atomic E-state index is 17.1. The number of anilines is 1. The number of aromatic nitrogens is 3. The summed E-state index contributed by atoms with van der Waals surface area (Å²) in [5.74, 6) is 7.72. The van der Waals surface area contributed by atoms with E-state index >= 15 is 4.39 Å². The summed E-state index contributed by atoms with van der Waals surface area (Å²) in [5, 5.41) is 4.95. The molecule has 0 amide bonds. The van der Waals surface area contributed by atoms with Crippen molar-refractivity contribution in [3.05, 3.63) is 53.2 Å². The highest BCUT2D eigenvalue weighted by Crippen LogP contribution is 2.43. The molecule has 0 radical (unpaired) electrons. The van der Waals surface area contributed by atoms with Crippen molar-refractivity contribution < 1.29 is 17.9 Å². The summed E-state index contributed by atoms with van der Waals surface area (Å²) < 4.78 is 52.9. The third kappa shape index (κ3) is 4.50. The van der Waals surface area contributed by atoms with Gasteiger partial charge in [-0.25, -0.2) is 18.2 Å². The number of pyridine rings is 1. The van der Waals surface area contributed by atoms with Crippen LogP contribution in [-0.2, 0) is 0 Å². The Morgan fingerprint density at radius 1 is 1.09 bits per heavy atom. The van der Waals surface area contributed by atoms with E-state index in [2.05, 4.69) is 37.9 Å². The van der Waals surface area contributed by atoms with Crippen LogP contribution in [-0.4, -0.2) is 76.4 Å². The Balaban J connectivity index is 1.35. The topological polar surface area (TPSA) is 66.4 Å². The molecule has 2 bridgehead atoms. The van der Waals surface area contributed by atoms with E-state index in [4.69, 9.17) is 21.1 Å². The number of benzene rings is 2. The number of nitrogens with one attached hydrogen (secondary N) is 1. The molecule has 4 aliphatic heterocycles. The summed E-state index contributed by atoms with van der Waals surface area (Å²) in [6.07, 6.45) is 8.96. The van der Waals surface area contributed by atoms with Gasteiger partial charge in [0.25, 0.3) is 0 Å². The van der Waals surface area contributed by atoms with E-state index < -0.39 is 23.3 Å². The average Bonchev–Trinajstić information content (AvgIpc) is 3.67. The summed E-state index contributed by atoms with van der Waals surface area (Å²) in [7, 11) is 0. The van der Waals surface area contributed by atoms with Gasteiger partial charge in [0.2, 0.25) is 0 Å². The van der Waals surface area contributed by atoms with Crippen LogP contribution in [0.1, 0.15) is 50.3 Å². The first kappa shape index (κ1) is 29.1. The number of ether oxygens (including phenoxy) is 1. The standard InChI is InChI=1S/C36H33F3N6O/c1-3-7-28-30-33(31(39)32(41-28)26-9-5-8-21-10-13-27(38)25(4-2)29(21)26)42-35(43-34(30)45-23-11-12-24(45)18-40-17-23)46-20-36-14-6-15-44(36)19-22(37)16-36/h2,5,8-10,13,22-24,40H,6,11-12,14-20H2,1H3/t22-,23-,24+,36+/m1/s1. The maximum absolute atomic E-state index is 17.1. The lowest BCUT2D eigenvalue weighted by Gasteiger charge is -2.37. The van der Waals surface area contributed by atoms with E-state index in [0.717, 1.165) is 45.3 Å². The Kier molecular flexibility index (Phi) is 7.04. The zero-order valence-corrected chi connectivity index (χ0v) is 25.5. The number of rotatable bonds is 5. The van der Waals surface area contributed by atoms with Gasteiger partial charge in [-0.1, -0.05) is 36.1 Å². The number of hydrogen-bond donors (Lipinski definition) is 1. The molecule has 4 fully saturated rings. The number of hydrogen-bond acceptors (Lipinski definition) is 7. The van der Waals surface area contributed by atoms with Gasteiger partial charge in [-0.2, -0.15) is 9.97 Å². The van der Waals surface area contributed by atoms with Gasteiger partial charge in [0.15, 0.2) is 5.82 Å². The predicted octanol–water partition coefficient (Wildman–Crippen LogP) is 5.37. The Morgan fingerprint density at radius 3 is 2.70 bits per heavy atom. The minimum Gasteiger partial charge on any atom is -0.461 e. The molecule has 46 heavy (non-hydrogen) atoms. The fraction of sp³-hybridized carbons (Fsp3) is 0.417. The van der Waals surface area contributed by atoms with Gasteiger partial charge in [-0.15, -0.1) is 6.42 Å². The number of terminal acetylenes is 1. The monoisotopic (exact) mass is 622 g/mol. The molecule has 0 spiro atoms. The molecule has 6 heterocycles. The van der Waals surface area contributed by atoms with Crippen LogP contribution in [0.25, 0.3) is 32.9 Å². The second kappa shape index (κ2) is 11.2. The number of fused-ring (bicyclic) bond motifs is 5. The summed E-state index contributed by atoms with van der Waals surface area (Å²) in [5.41, 5.74) is 0.256. The Hall–Kier alpha value is -4.38. The van der Waals surface area contributed by atoms with E-state index in [1.807, 2.05) is 0 Å². The van der Waals surface area contributed by atoms with Gasteiger partial charge in [0.1, 0.15) is 41.3 Å². The quantitative estimate of drug-likeness (QED) is 0.300. The van der Waals surface area contributed by atoms with Crippen LogP contribution in [0, 0.1) is 35.8 Å². The summed E-state index contributed by atoms with van der Waals surface area (Å²) >= 11 is 0. The highest BCUT2D eigenvalue weighted by molar-refractivity contribution is 6.03. The van der Waals surface area contributed by atoms with Crippen molar-refractivity contribution in [3.8, 4) is 41.5 Å². The van der Waals surface area contributed by atoms with Gasteiger partial charge >= 0.3 is 6.01 Å². The first-order valence-corrected chi connectivity index (χ1v) is 15.9. The van der Waals surface area contributed by atoms with Crippen LogP contribution >= 0.6 is 0 Å². The van der Waals surface area contributed by atoms with Gasteiger partial charge in [0.05, 0.1) is 16.5 Å². The molecule has 234 valence electrons. The Bertz CT molecular complexity index is 1980. The molecule has 4 aromatic rings. The Morgan fingerprint density at radius 2 is 1.91 bits per heavy atom. The normalized spacial score (nSPS) is 25.5. The zero-order valence-electron chi connectivity index (χ0n) is 25.5. The van der Waals surface area contributed by atoms with Crippen LogP contribution in [0.5, 0.6) is 6.01 Å². The van der Waals surface area contributed by atoms with Gasteiger partial charge < -0.3 is 15.0 Å². The van der Waals surface area contributed by atoms with Crippen molar-refractivity contribution >= 4 is 27.5 Å². The molecular weight excluding hydrogens is 589 g/mol. The maximum Gasteiger partial charge on any atom is 0.319 e. The summed E-state index contributed by atoms with van der Waals surface area (Å²) in [6.45, 7) is 4.67. The first-order valence-electron chi connectivity index (χ1n) is 15.9. The third-order valence-electron chi connectivity index (χ3n) is 10.2. The van der Waals surface area contributed by atoms with Crippen LogP contribution in [0.3, 0.4) is 0 Å². The van der Waals surface area contributed by atoms with Crippen molar-refractivity contribution in [3.63, 3.8) is 0 Å². The van der Waals surface area contributed by atoms with Crippen LogP contribution in [0.2, 0.25) is 0 Å². The first-order chi connectivity index (χ1) is 22.4. The van der Waals surface area contributed by atoms with E-state index in [1.54, 1.807) is 31.2 Å². The molecule has 0 aliphatic carbocycles. The lowest BCUT2D eigenvalue weighted by Crippen LogP contribution is -2.52. The molecule has 1 N–H and O–H groups in total. The van der Waals surface area contributed by atoms with E-state index in [1.165, 1.54) is 6.07 Å². The molecule has 0 saturated carbocycles.